The van der Waals surface area contributed by atoms with E-state index in [9.17, 15) is 0 Å². The average molecular weight is 146 g/mol. The molecule has 0 spiro atoms. The average Bonchev–Trinajstić information content (AvgIpc) is 1.43. The molecule has 0 N–H and O–H groups in total. The molecule has 0 aromatic rings. The van der Waals surface area contributed by atoms with Gasteiger partial charge in [0.15, 0.2) is 6.49 Å². The molecule has 0 radical (unpaired) electrons. The van der Waals surface area contributed by atoms with Gasteiger partial charge in [0.05, 0.1) is 8.22 Å². The zero-order valence-corrected chi connectivity index (χ0v) is 5.38. The summed E-state index contributed by atoms with van der Waals surface area (Å²) >= 11 is 4.59. The lowest BCUT2D eigenvalue weighted by molar-refractivity contribution is 0.343. The molecule has 0 saturated heterocycles. The van der Waals surface area contributed by atoms with Gasteiger partial charge in [0, 0.05) is 20.7 Å². The van der Waals surface area contributed by atoms with Gasteiger partial charge < -0.3 is 9.05 Å². The summed E-state index contributed by atoms with van der Waals surface area (Å²) in [6.07, 6.45) is 0. The Kier molecular flexibility index (Phi) is 0.820. The normalized spacial score (nSPS) is 28.1. The van der Waals surface area contributed by atoms with Gasteiger partial charge in [-0.3, -0.25) is 0 Å². The fourth-order valence-electron chi connectivity index (χ4n) is 0.0186. The molecule has 2 nitrogen and oxygen atoms in total. The number of rotatable bonds is 2. The summed E-state index contributed by atoms with van der Waals surface area (Å²) in [6.45, 7) is -2.07. The first-order valence-electron chi connectivity index (χ1n) is 4.40. The van der Waals surface area contributed by atoms with E-state index in [0.717, 1.165) is 6.66 Å². The van der Waals surface area contributed by atoms with Crippen molar-refractivity contribution >= 4 is 18.3 Å². The molecule has 0 aliphatic heterocycles. The van der Waals surface area contributed by atoms with Gasteiger partial charge in [-0.05, 0) is 11.8 Å². The van der Waals surface area contributed by atoms with E-state index in [-0.39, 0.29) is 0 Å². The molecular formula is C3H9O2PS. The molecule has 0 saturated carbocycles. The second-order valence-corrected chi connectivity index (χ2v) is 4.85. The van der Waals surface area contributed by atoms with Gasteiger partial charge in [0.25, 0.3) is 0 Å². The van der Waals surface area contributed by atoms with Crippen LogP contribution < -0.4 is 0 Å². The minimum absolute atomic E-state index is 1.15. The van der Waals surface area contributed by atoms with Crippen molar-refractivity contribution in [1.29, 1.82) is 0 Å². The summed E-state index contributed by atoms with van der Waals surface area (Å²) in [7, 11) is -5.45. The summed E-state index contributed by atoms with van der Waals surface area (Å²) in [6, 6.07) is 0. The standard InChI is InChI=1S/C3H9O2PS/c1-4-6(3,7)5-2/h1-3H3/i1D3,2D3. The van der Waals surface area contributed by atoms with Gasteiger partial charge in [-0.2, -0.15) is 0 Å². The van der Waals surface area contributed by atoms with Crippen molar-refractivity contribution in [3.05, 3.63) is 0 Å². The quantitative estimate of drug-likeness (QED) is 0.546. The monoisotopic (exact) mass is 146 g/mol. The smallest absolute Gasteiger partial charge is 0.185 e. The maximum absolute atomic E-state index is 6.70. The number of hydrogen-bond acceptors (Lipinski definition) is 3. The highest BCUT2D eigenvalue weighted by Crippen LogP contribution is 2.41. The predicted molar refractivity (Wildman–Crippen MR) is 34.2 cm³/mol. The van der Waals surface area contributed by atoms with Crippen LogP contribution in [0.25, 0.3) is 0 Å². The summed E-state index contributed by atoms with van der Waals surface area (Å²) in [4.78, 5) is 0. The molecular weight excluding hydrogens is 131 g/mol. The lowest BCUT2D eigenvalue weighted by Gasteiger charge is -2.09. The molecule has 0 fully saturated rings. The summed E-state index contributed by atoms with van der Waals surface area (Å²) in [5, 5.41) is 0. The highest BCUT2D eigenvalue weighted by atomic mass is 32.5. The van der Waals surface area contributed by atoms with Gasteiger partial charge in [-0.1, -0.05) is 0 Å². The van der Waals surface area contributed by atoms with Crippen molar-refractivity contribution in [3.8, 4) is 0 Å². The molecule has 0 aliphatic carbocycles. The van der Waals surface area contributed by atoms with Crippen LogP contribution in [0.2, 0.25) is 0 Å². The molecule has 0 amide bonds. The Balaban J connectivity index is 4.35. The van der Waals surface area contributed by atoms with Crippen LogP contribution in [0.15, 0.2) is 0 Å². The SMILES string of the molecule is [2H]C([2H])([2H])OP(C)(=S)OC([2H])([2H])[2H]. The van der Waals surface area contributed by atoms with E-state index in [0.29, 0.717) is 0 Å². The molecule has 4 heteroatoms. The van der Waals surface area contributed by atoms with E-state index >= 15 is 0 Å². The number of hydrogen-bond donors (Lipinski definition) is 0. The van der Waals surface area contributed by atoms with Crippen LogP contribution in [0.3, 0.4) is 0 Å². The lowest BCUT2D eigenvalue weighted by atomic mass is 11.8. The third kappa shape index (κ3) is 3.18. The molecule has 0 rings (SSSR count). The minimum Gasteiger partial charge on any atom is -0.333 e. The Labute approximate surface area is 57.4 Å². The predicted octanol–water partition coefficient (Wildman–Crippen LogP) is 1.22. The van der Waals surface area contributed by atoms with Crippen LogP contribution in [-0.4, -0.2) is 20.7 Å². The molecule has 0 aromatic heterocycles. The minimum atomic E-state index is -3.23. The van der Waals surface area contributed by atoms with Crippen LogP contribution in [0, 0.1) is 0 Å². The van der Waals surface area contributed by atoms with Gasteiger partial charge in [-0.15, -0.1) is 0 Å². The van der Waals surface area contributed by atoms with E-state index < -0.39 is 20.6 Å². The van der Waals surface area contributed by atoms with Crippen LogP contribution in [0.1, 0.15) is 8.22 Å². The molecule has 0 bridgehead atoms. The topological polar surface area (TPSA) is 18.5 Å². The largest absolute Gasteiger partial charge is 0.333 e. The molecule has 0 atom stereocenters. The Morgan fingerprint density at radius 2 is 2.00 bits per heavy atom. The highest BCUT2D eigenvalue weighted by Gasteiger charge is 2.02. The molecule has 0 aliphatic rings. The van der Waals surface area contributed by atoms with Gasteiger partial charge in [0.2, 0.25) is 0 Å². The van der Waals surface area contributed by atoms with Crippen molar-refractivity contribution < 1.29 is 17.3 Å². The van der Waals surface area contributed by atoms with E-state index in [1.807, 2.05) is 0 Å². The maximum atomic E-state index is 6.70. The Morgan fingerprint density at radius 3 is 2.29 bits per heavy atom. The first kappa shape index (κ1) is 2.07. The molecule has 0 unspecified atom stereocenters. The molecule has 7 heavy (non-hydrogen) atoms. The first-order chi connectivity index (χ1) is 5.41. The van der Waals surface area contributed by atoms with E-state index in [4.69, 9.17) is 8.22 Å². The van der Waals surface area contributed by atoms with Gasteiger partial charge >= 0.3 is 0 Å². The summed E-state index contributed by atoms with van der Waals surface area (Å²) < 4.78 is 48.9. The third-order valence-corrected chi connectivity index (χ3v) is 1.44. The molecule has 0 aromatic carbocycles. The lowest BCUT2D eigenvalue weighted by Crippen LogP contribution is -1.81. The fourth-order valence-corrected chi connectivity index (χ4v) is 0.0559. The van der Waals surface area contributed by atoms with E-state index in [1.165, 1.54) is 0 Å². The molecule has 44 valence electrons. The van der Waals surface area contributed by atoms with Crippen molar-refractivity contribution in [2.24, 2.45) is 0 Å². The van der Waals surface area contributed by atoms with Gasteiger partial charge in [0.1, 0.15) is 0 Å². The van der Waals surface area contributed by atoms with Crippen LogP contribution in [0.4, 0.5) is 0 Å². The van der Waals surface area contributed by atoms with Crippen molar-refractivity contribution in [1.82, 2.24) is 0 Å². The summed E-state index contributed by atoms with van der Waals surface area (Å²) in [5.41, 5.74) is 0. The van der Waals surface area contributed by atoms with Crippen molar-refractivity contribution in [3.63, 3.8) is 0 Å². The van der Waals surface area contributed by atoms with Crippen LogP contribution >= 0.6 is 6.49 Å². The van der Waals surface area contributed by atoms with Crippen molar-refractivity contribution in [2.75, 3.05) is 20.7 Å². The van der Waals surface area contributed by atoms with E-state index in [2.05, 4.69) is 20.9 Å². The zero-order chi connectivity index (χ0) is 10.9. The Bertz CT molecular complexity index is 201. The first-order valence-corrected chi connectivity index (χ1v) is 4.49. The summed E-state index contributed by atoms with van der Waals surface area (Å²) in [5.74, 6) is 0. The highest BCUT2D eigenvalue weighted by molar-refractivity contribution is 8.09. The van der Waals surface area contributed by atoms with Crippen LogP contribution in [-0.2, 0) is 20.9 Å². The molecule has 0 heterocycles. The third-order valence-electron chi connectivity index (χ3n) is 0.332. The van der Waals surface area contributed by atoms with E-state index in [1.54, 1.807) is 0 Å². The maximum Gasteiger partial charge on any atom is 0.185 e. The zero-order valence-electron chi connectivity index (χ0n) is 9.67. The second kappa shape index (κ2) is 2.78. The van der Waals surface area contributed by atoms with Crippen LogP contribution in [0.5, 0.6) is 0 Å². The Morgan fingerprint density at radius 1 is 1.57 bits per heavy atom. The second-order valence-electron chi connectivity index (χ2n) is 0.954. The fraction of sp³-hybridized carbons (Fsp3) is 1.00. The van der Waals surface area contributed by atoms with Crippen molar-refractivity contribution in [2.45, 2.75) is 0 Å². The Hall–Kier alpha value is 0.570. The van der Waals surface area contributed by atoms with Gasteiger partial charge in [-0.25, -0.2) is 0 Å².